The second-order valence-electron chi connectivity index (χ2n) is 10.7. The van der Waals surface area contributed by atoms with Crippen molar-refractivity contribution in [2.75, 3.05) is 23.3 Å². The van der Waals surface area contributed by atoms with Crippen LogP contribution in [0.2, 0.25) is 5.02 Å². The normalized spacial score (nSPS) is 21.4. The number of urea groups is 1. The number of carbonyl (C=O) groups is 1. The molecule has 8 heteroatoms. The van der Waals surface area contributed by atoms with E-state index in [0.29, 0.717) is 35.6 Å². The predicted molar refractivity (Wildman–Crippen MR) is 150 cm³/mol. The summed E-state index contributed by atoms with van der Waals surface area (Å²) < 4.78 is 2.41. The average molecular weight is 521 g/mol. The summed E-state index contributed by atoms with van der Waals surface area (Å²) in [5.41, 5.74) is 1.64. The zero-order valence-corrected chi connectivity index (χ0v) is 22.7. The minimum atomic E-state index is -0.125. The molecular formula is C29H37ClN6O. The van der Waals surface area contributed by atoms with Gasteiger partial charge in [0.15, 0.2) is 0 Å². The minimum Gasteiger partial charge on any atom is -0.312 e. The van der Waals surface area contributed by atoms with Gasteiger partial charge in [0.25, 0.3) is 0 Å². The van der Waals surface area contributed by atoms with Crippen LogP contribution >= 0.6 is 11.6 Å². The lowest BCUT2D eigenvalue weighted by Gasteiger charge is -2.40. The molecule has 3 heterocycles. The van der Waals surface area contributed by atoms with E-state index in [9.17, 15) is 4.79 Å². The zero-order chi connectivity index (χ0) is 25.9. The standard InChI is InChI=1S/C29H37ClN6O/c1-20(2)28-33-32-21(3)36(28)27-18-25-14-15-26(19-27)34(25)16-7-17-35(24-8-5-4-6-9-24)29(37)31-23-12-10-22(30)11-13-23/h4-6,8-13,20,25-27H,7,14-19H2,1-3H3,(H,31,37)/t25-,26-/m1/s1. The maximum atomic E-state index is 13.3. The highest BCUT2D eigenvalue weighted by atomic mass is 35.5. The first-order valence-corrected chi connectivity index (χ1v) is 13.8. The summed E-state index contributed by atoms with van der Waals surface area (Å²) in [5.74, 6) is 2.52. The highest BCUT2D eigenvalue weighted by Crippen LogP contribution is 2.42. The molecule has 2 atom stereocenters. The van der Waals surface area contributed by atoms with Gasteiger partial charge in [-0.2, -0.15) is 0 Å². The van der Waals surface area contributed by atoms with Crippen molar-refractivity contribution in [3.05, 3.63) is 71.3 Å². The molecule has 0 spiro atoms. The lowest BCUT2D eigenvalue weighted by Crippen LogP contribution is -2.45. The Morgan fingerprint density at radius 3 is 2.35 bits per heavy atom. The molecule has 196 valence electrons. The van der Waals surface area contributed by atoms with Crippen molar-refractivity contribution in [3.63, 3.8) is 0 Å². The SMILES string of the molecule is Cc1nnc(C(C)C)n1C1C[C@H]2CC[C@H](C1)N2CCCN(C(=O)Nc1ccc(Cl)cc1)c1ccccc1. The molecule has 1 aromatic heterocycles. The second-order valence-corrected chi connectivity index (χ2v) is 11.1. The Morgan fingerprint density at radius 1 is 1.03 bits per heavy atom. The van der Waals surface area contributed by atoms with Gasteiger partial charge in [0.05, 0.1) is 0 Å². The molecule has 0 unspecified atom stereocenters. The van der Waals surface area contributed by atoms with Crippen LogP contribution in [0.3, 0.4) is 0 Å². The van der Waals surface area contributed by atoms with Crippen LogP contribution < -0.4 is 10.2 Å². The first-order chi connectivity index (χ1) is 17.9. The number of hydrogen-bond donors (Lipinski definition) is 1. The molecule has 7 nitrogen and oxygen atoms in total. The number of hydrogen-bond acceptors (Lipinski definition) is 4. The number of para-hydroxylation sites is 1. The summed E-state index contributed by atoms with van der Waals surface area (Å²) in [4.78, 5) is 17.8. The molecule has 2 amide bonds. The Morgan fingerprint density at radius 2 is 1.70 bits per heavy atom. The number of rotatable bonds is 8. The molecule has 0 radical (unpaired) electrons. The van der Waals surface area contributed by atoms with Crippen molar-refractivity contribution in [1.82, 2.24) is 19.7 Å². The molecule has 0 aliphatic carbocycles. The van der Waals surface area contributed by atoms with Gasteiger partial charge in [-0.1, -0.05) is 43.6 Å². The van der Waals surface area contributed by atoms with Crippen molar-refractivity contribution in [3.8, 4) is 0 Å². The van der Waals surface area contributed by atoms with Crippen molar-refractivity contribution >= 4 is 29.0 Å². The molecule has 2 fully saturated rings. The van der Waals surface area contributed by atoms with Crippen LogP contribution in [0.1, 0.15) is 69.6 Å². The van der Waals surface area contributed by atoms with Crippen molar-refractivity contribution in [2.24, 2.45) is 0 Å². The molecular weight excluding hydrogens is 484 g/mol. The number of carbonyl (C=O) groups excluding carboxylic acids is 1. The first-order valence-electron chi connectivity index (χ1n) is 13.5. The van der Waals surface area contributed by atoms with Crippen LogP contribution in [0.5, 0.6) is 0 Å². The quantitative estimate of drug-likeness (QED) is 0.360. The van der Waals surface area contributed by atoms with E-state index in [1.165, 1.54) is 12.8 Å². The number of aryl methyl sites for hydroxylation is 1. The summed E-state index contributed by atoms with van der Waals surface area (Å²) in [6, 6.07) is 18.6. The fourth-order valence-electron chi connectivity index (χ4n) is 6.14. The van der Waals surface area contributed by atoms with Gasteiger partial charge >= 0.3 is 6.03 Å². The Hall–Kier alpha value is -2.90. The molecule has 2 bridgehead atoms. The predicted octanol–water partition coefficient (Wildman–Crippen LogP) is 6.66. The zero-order valence-electron chi connectivity index (χ0n) is 22.0. The molecule has 1 N–H and O–H groups in total. The lowest BCUT2D eigenvalue weighted by atomic mass is 9.96. The third-order valence-corrected chi connectivity index (χ3v) is 8.09. The van der Waals surface area contributed by atoms with Gasteiger partial charge in [0, 0.05) is 53.5 Å². The highest BCUT2D eigenvalue weighted by molar-refractivity contribution is 6.30. The van der Waals surface area contributed by atoms with E-state index < -0.39 is 0 Å². The molecule has 2 aliphatic heterocycles. The maximum absolute atomic E-state index is 13.3. The largest absolute Gasteiger partial charge is 0.326 e. The molecule has 0 saturated carbocycles. The molecule has 37 heavy (non-hydrogen) atoms. The smallest absolute Gasteiger partial charge is 0.312 e. The number of nitrogens with one attached hydrogen (secondary N) is 1. The summed E-state index contributed by atoms with van der Waals surface area (Å²) in [6.45, 7) is 8.14. The molecule has 2 aliphatic rings. The van der Waals surface area contributed by atoms with Gasteiger partial charge < -0.3 is 9.88 Å². The maximum Gasteiger partial charge on any atom is 0.326 e. The van der Waals surface area contributed by atoms with Crippen LogP contribution in [0.4, 0.5) is 16.2 Å². The minimum absolute atomic E-state index is 0.125. The molecule has 2 saturated heterocycles. The van der Waals surface area contributed by atoms with E-state index in [4.69, 9.17) is 11.6 Å². The Balaban J connectivity index is 1.23. The number of amides is 2. The van der Waals surface area contributed by atoms with E-state index >= 15 is 0 Å². The van der Waals surface area contributed by atoms with Crippen molar-refractivity contribution in [2.45, 2.75) is 76.9 Å². The van der Waals surface area contributed by atoms with Gasteiger partial charge in [-0.25, -0.2) is 4.79 Å². The van der Waals surface area contributed by atoms with Gasteiger partial charge in [0.1, 0.15) is 11.6 Å². The Bertz CT molecular complexity index is 1180. The molecule has 5 rings (SSSR count). The van der Waals surface area contributed by atoms with Crippen LogP contribution in [0.15, 0.2) is 54.6 Å². The average Bonchev–Trinajstić information content (AvgIpc) is 3.39. The number of anilines is 2. The molecule has 2 aromatic carbocycles. The lowest BCUT2D eigenvalue weighted by molar-refractivity contribution is 0.104. The summed E-state index contributed by atoms with van der Waals surface area (Å²) in [6.07, 6.45) is 5.71. The number of nitrogens with zero attached hydrogens (tertiary/aromatic N) is 5. The van der Waals surface area contributed by atoms with Crippen LogP contribution in [-0.2, 0) is 0 Å². The van der Waals surface area contributed by atoms with Gasteiger partial charge in [-0.3, -0.25) is 9.80 Å². The van der Waals surface area contributed by atoms with Crippen LogP contribution in [-0.4, -0.2) is 50.9 Å². The first kappa shape index (κ1) is 25.7. The Labute approximate surface area is 224 Å². The number of halogens is 1. The molecule has 3 aromatic rings. The third kappa shape index (κ3) is 5.68. The fraction of sp³-hybridized carbons (Fsp3) is 0.483. The number of benzene rings is 2. The number of fused-ring (bicyclic) bond motifs is 2. The van der Waals surface area contributed by atoms with Gasteiger partial charge in [-0.15, -0.1) is 10.2 Å². The van der Waals surface area contributed by atoms with E-state index in [-0.39, 0.29) is 6.03 Å². The summed E-state index contributed by atoms with van der Waals surface area (Å²) in [5, 5.41) is 12.6. The third-order valence-electron chi connectivity index (χ3n) is 7.84. The number of aromatic nitrogens is 3. The van der Waals surface area contributed by atoms with Crippen molar-refractivity contribution in [1.29, 1.82) is 0 Å². The fourth-order valence-corrected chi connectivity index (χ4v) is 6.27. The Kier molecular flexibility index (Phi) is 7.81. The van der Waals surface area contributed by atoms with Crippen LogP contribution in [0, 0.1) is 6.92 Å². The summed E-state index contributed by atoms with van der Waals surface area (Å²) >= 11 is 6.01. The van der Waals surface area contributed by atoms with Crippen LogP contribution in [0.25, 0.3) is 0 Å². The highest BCUT2D eigenvalue weighted by Gasteiger charge is 2.42. The topological polar surface area (TPSA) is 66.3 Å². The monoisotopic (exact) mass is 520 g/mol. The van der Waals surface area contributed by atoms with E-state index in [1.54, 1.807) is 12.1 Å². The van der Waals surface area contributed by atoms with Gasteiger partial charge in [-0.05, 0) is 75.4 Å². The van der Waals surface area contributed by atoms with E-state index in [1.807, 2.05) is 47.4 Å². The van der Waals surface area contributed by atoms with Gasteiger partial charge in [0.2, 0.25) is 0 Å². The second kappa shape index (κ2) is 11.2. The summed E-state index contributed by atoms with van der Waals surface area (Å²) in [7, 11) is 0. The number of piperidine rings is 1. The van der Waals surface area contributed by atoms with Crippen molar-refractivity contribution < 1.29 is 4.79 Å². The van der Waals surface area contributed by atoms with E-state index in [2.05, 4.69) is 45.8 Å². The van der Waals surface area contributed by atoms with E-state index in [0.717, 1.165) is 48.8 Å².